The van der Waals surface area contributed by atoms with Crippen molar-refractivity contribution in [2.75, 3.05) is 14.2 Å². The van der Waals surface area contributed by atoms with Crippen LogP contribution in [0.15, 0.2) is 18.2 Å². The highest BCUT2D eigenvalue weighted by atomic mass is 32.2. The van der Waals surface area contributed by atoms with Gasteiger partial charge in [0.2, 0.25) is 0 Å². The van der Waals surface area contributed by atoms with Gasteiger partial charge < -0.3 is 15.0 Å². The number of piperidine rings is 1. The average Bonchev–Trinajstić information content (AvgIpc) is 3.02. The molecule has 0 saturated carbocycles. The van der Waals surface area contributed by atoms with E-state index >= 15 is 0 Å². The van der Waals surface area contributed by atoms with Crippen molar-refractivity contribution in [2.24, 2.45) is 0 Å². The van der Waals surface area contributed by atoms with E-state index in [0.29, 0.717) is 21.5 Å². The molecule has 1 aliphatic rings. The molecular weight excluding hydrogens is 438 g/mol. The Bertz CT molecular complexity index is 1010. The standard InChI is InChI=1S/C24H35N5OS2/c1-14-20(31-15(2)27-14)16-9-10-18(19(11-16)30-8)21(25)32-22(26)29(7)17-12-23(3,4)28-24(5,6)13-17/h9-11,17,25-26,28H,12-13H2,1-8H3. The average molecular weight is 474 g/mol. The predicted octanol–water partition coefficient (Wildman–Crippen LogP) is 5.67. The van der Waals surface area contributed by atoms with Crippen molar-refractivity contribution < 1.29 is 4.74 Å². The lowest BCUT2D eigenvalue weighted by molar-refractivity contribution is 0.114. The Hall–Kier alpha value is -1.90. The summed E-state index contributed by atoms with van der Waals surface area (Å²) < 4.78 is 5.63. The monoisotopic (exact) mass is 473 g/mol. The summed E-state index contributed by atoms with van der Waals surface area (Å²) in [6.07, 6.45) is 1.91. The minimum Gasteiger partial charge on any atom is -0.496 e. The molecule has 2 heterocycles. The number of thioether (sulfide) groups is 1. The number of hydrogen-bond donors (Lipinski definition) is 3. The van der Waals surface area contributed by atoms with E-state index in [4.69, 9.17) is 15.6 Å². The van der Waals surface area contributed by atoms with Gasteiger partial charge in [-0.25, -0.2) is 4.98 Å². The van der Waals surface area contributed by atoms with Gasteiger partial charge in [-0.05, 0) is 83.8 Å². The molecule has 0 amide bonds. The van der Waals surface area contributed by atoms with Crippen LogP contribution < -0.4 is 10.1 Å². The first-order valence-corrected chi connectivity index (χ1v) is 12.4. The van der Waals surface area contributed by atoms with E-state index < -0.39 is 0 Å². The van der Waals surface area contributed by atoms with E-state index in [9.17, 15) is 0 Å². The van der Waals surface area contributed by atoms with E-state index in [0.717, 1.165) is 34.0 Å². The molecule has 174 valence electrons. The van der Waals surface area contributed by atoms with Gasteiger partial charge in [0.25, 0.3) is 0 Å². The minimum atomic E-state index is 0.00528. The SMILES string of the molecule is COc1cc(-c2sc(C)nc2C)ccc1C(=N)SC(=N)N(C)C1CC(C)(C)NC(C)(C)C1. The lowest BCUT2D eigenvalue weighted by Gasteiger charge is -2.49. The van der Waals surface area contributed by atoms with Crippen molar-refractivity contribution in [3.05, 3.63) is 34.5 Å². The molecule has 1 aromatic carbocycles. The van der Waals surface area contributed by atoms with Crippen LogP contribution in [0.25, 0.3) is 10.4 Å². The molecule has 1 aliphatic heterocycles. The largest absolute Gasteiger partial charge is 0.496 e. The minimum absolute atomic E-state index is 0.00528. The molecule has 0 unspecified atom stereocenters. The lowest BCUT2D eigenvalue weighted by Crippen LogP contribution is -2.62. The number of ether oxygens (including phenoxy) is 1. The molecule has 0 spiro atoms. The summed E-state index contributed by atoms with van der Waals surface area (Å²) in [5.41, 5.74) is 2.75. The summed E-state index contributed by atoms with van der Waals surface area (Å²) in [6.45, 7) is 12.9. The van der Waals surface area contributed by atoms with Crippen molar-refractivity contribution in [1.29, 1.82) is 10.8 Å². The molecule has 8 heteroatoms. The molecule has 0 atom stereocenters. The summed E-state index contributed by atoms with van der Waals surface area (Å²) in [7, 11) is 3.60. The van der Waals surface area contributed by atoms with Crippen LogP contribution in [0.2, 0.25) is 0 Å². The zero-order valence-corrected chi connectivity index (χ0v) is 22.0. The highest BCUT2D eigenvalue weighted by Crippen LogP contribution is 2.36. The Kier molecular flexibility index (Phi) is 7.08. The smallest absolute Gasteiger partial charge is 0.162 e. The number of nitrogens with zero attached hydrogens (tertiary/aromatic N) is 2. The van der Waals surface area contributed by atoms with Gasteiger partial charge in [0.1, 0.15) is 10.8 Å². The number of rotatable bonds is 4. The van der Waals surface area contributed by atoms with Gasteiger partial charge in [0, 0.05) is 29.7 Å². The number of benzene rings is 1. The van der Waals surface area contributed by atoms with Crippen molar-refractivity contribution in [1.82, 2.24) is 15.2 Å². The van der Waals surface area contributed by atoms with Crippen LogP contribution in [-0.4, -0.2) is 51.4 Å². The number of thiazole rings is 1. The van der Waals surface area contributed by atoms with E-state index in [1.54, 1.807) is 18.4 Å². The van der Waals surface area contributed by atoms with Gasteiger partial charge >= 0.3 is 0 Å². The molecule has 1 fully saturated rings. The van der Waals surface area contributed by atoms with E-state index in [-0.39, 0.29) is 17.1 Å². The van der Waals surface area contributed by atoms with E-state index in [1.165, 1.54) is 11.8 Å². The first-order chi connectivity index (χ1) is 14.8. The highest BCUT2D eigenvalue weighted by molar-refractivity contribution is 8.26. The maximum Gasteiger partial charge on any atom is 0.162 e. The number of aromatic nitrogens is 1. The molecule has 0 aliphatic carbocycles. The zero-order valence-electron chi connectivity index (χ0n) is 20.3. The van der Waals surface area contributed by atoms with E-state index in [2.05, 4.69) is 38.0 Å². The van der Waals surface area contributed by atoms with Crippen LogP contribution in [0.3, 0.4) is 0 Å². The molecule has 1 aromatic heterocycles. The first kappa shape index (κ1) is 24.7. The molecule has 0 bridgehead atoms. The summed E-state index contributed by atoms with van der Waals surface area (Å²) in [5.74, 6) is 0.644. The third-order valence-electron chi connectivity index (χ3n) is 5.85. The fourth-order valence-electron chi connectivity index (χ4n) is 4.75. The zero-order chi connectivity index (χ0) is 23.8. The summed E-state index contributed by atoms with van der Waals surface area (Å²) in [4.78, 5) is 7.66. The van der Waals surface area contributed by atoms with Crippen molar-refractivity contribution in [2.45, 2.75) is 71.5 Å². The Morgan fingerprint density at radius 2 is 1.81 bits per heavy atom. The fraction of sp³-hybridized carbons (Fsp3) is 0.542. The Morgan fingerprint density at radius 3 is 2.34 bits per heavy atom. The van der Waals surface area contributed by atoms with Crippen LogP contribution in [0.1, 0.15) is 56.8 Å². The second kappa shape index (κ2) is 9.15. The normalized spacial score (nSPS) is 17.8. The molecule has 32 heavy (non-hydrogen) atoms. The second-order valence-electron chi connectivity index (χ2n) is 9.86. The van der Waals surface area contributed by atoms with Gasteiger partial charge in [0.15, 0.2) is 5.17 Å². The molecule has 1 saturated heterocycles. The van der Waals surface area contributed by atoms with Gasteiger partial charge in [-0.15, -0.1) is 11.3 Å². The van der Waals surface area contributed by atoms with Crippen LogP contribution >= 0.6 is 23.1 Å². The highest BCUT2D eigenvalue weighted by Gasteiger charge is 2.39. The van der Waals surface area contributed by atoms with Gasteiger partial charge in [-0.2, -0.15) is 0 Å². The van der Waals surface area contributed by atoms with Crippen LogP contribution in [-0.2, 0) is 0 Å². The maximum absolute atomic E-state index is 8.68. The van der Waals surface area contributed by atoms with Crippen LogP contribution in [0, 0.1) is 24.7 Å². The molecule has 3 N–H and O–H groups in total. The number of amidine groups is 1. The molecule has 2 aromatic rings. The maximum atomic E-state index is 8.68. The fourth-order valence-corrected chi connectivity index (χ4v) is 6.43. The Morgan fingerprint density at radius 1 is 1.19 bits per heavy atom. The van der Waals surface area contributed by atoms with E-state index in [1.807, 2.05) is 44.0 Å². The van der Waals surface area contributed by atoms with Crippen molar-refractivity contribution in [3.63, 3.8) is 0 Å². The summed E-state index contributed by atoms with van der Waals surface area (Å²) >= 11 is 2.83. The Balaban J connectivity index is 1.76. The Labute approximate surface area is 200 Å². The number of aryl methyl sites for hydroxylation is 2. The first-order valence-electron chi connectivity index (χ1n) is 10.8. The number of nitrogens with one attached hydrogen (secondary N) is 3. The van der Waals surface area contributed by atoms with Gasteiger partial charge in [-0.1, -0.05) is 6.07 Å². The quantitative estimate of drug-likeness (QED) is 0.393. The third-order valence-corrected chi connectivity index (χ3v) is 7.87. The van der Waals surface area contributed by atoms with Gasteiger partial charge in [-0.3, -0.25) is 10.8 Å². The molecule has 0 radical (unpaired) electrons. The van der Waals surface area contributed by atoms with Crippen LogP contribution in [0.5, 0.6) is 5.75 Å². The number of methoxy groups -OCH3 is 1. The van der Waals surface area contributed by atoms with Crippen molar-refractivity contribution in [3.8, 4) is 16.2 Å². The molecular formula is C24H35N5OS2. The predicted molar refractivity (Wildman–Crippen MR) is 138 cm³/mol. The van der Waals surface area contributed by atoms with Crippen LogP contribution in [0.4, 0.5) is 0 Å². The number of hydrogen-bond acceptors (Lipinski definition) is 7. The topological polar surface area (TPSA) is 85.1 Å². The third kappa shape index (κ3) is 5.53. The van der Waals surface area contributed by atoms with Crippen molar-refractivity contribution >= 4 is 33.3 Å². The lowest BCUT2D eigenvalue weighted by atomic mass is 9.79. The summed E-state index contributed by atoms with van der Waals surface area (Å²) in [5, 5.41) is 22.8. The molecule has 6 nitrogen and oxygen atoms in total. The van der Waals surface area contributed by atoms with Gasteiger partial charge in [0.05, 0.1) is 22.7 Å². The second-order valence-corrected chi connectivity index (χ2v) is 12.1. The molecule has 3 rings (SSSR count). The summed E-state index contributed by atoms with van der Waals surface area (Å²) in [6, 6.07) is 6.14.